The summed E-state index contributed by atoms with van der Waals surface area (Å²) in [5, 5.41) is 4.75. The van der Waals surface area contributed by atoms with Gasteiger partial charge in [0.15, 0.2) is 0 Å². The van der Waals surface area contributed by atoms with Crippen LogP contribution in [-0.2, 0) is 0 Å². The molecule has 68 heavy (non-hydrogen) atoms. The van der Waals surface area contributed by atoms with Crippen LogP contribution >= 0.6 is 0 Å². The first-order valence-corrected chi connectivity index (χ1v) is 23.6. The van der Waals surface area contributed by atoms with E-state index in [0.29, 0.717) is 11.8 Å². The standard InChI is InChI=1S/C65H46N2O/c1-43-39-50(41-49-15-2-3-20-54(43)49)47-17-12-16-46(40-47)44-31-35-51(36-32-44)66(60-26-8-6-23-57(60)58-25-14-30-64-65(58)59-24-7-11-29-63(59)68-64)52-37-33-45(34-38-52)48-18-13-19-53(42-48)67-61-27-9-4-21-55(61)56-22-5-10-28-62(56)67/h2-43,54H,1H3. The third-order valence-corrected chi connectivity index (χ3v) is 14.1. The largest absolute Gasteiger partial charge is 0.456 e. The Morgan fingerprint density at radius 2 is 1.06 bits per heavy atom. The molecule has 3 nitrogen and oxygen atoms in total. The molecule has 2 aliphatic carbocycles. The van der Waals surface area contributed by atoms with Gasteiger partial charge in [-0.1, -0.05) is 183 Å². The number of aromatic nitrogens is 1. The molecule has 13 rings (SSSR count). The SMILES string of the molecule is CC1C=C(c2cccc(-c3ccc(N(c4ccc(-c5cccc(-n6c7ccccc7c7ccccc76)c5)cc4)c4ccccc4-c4cccc5oc6ccccc6c45)cc3)c2)C=C2C=CC=CC21. The molecule has 9 aromatic carbocycles. The number of allylic oxidation sites excluding steroid dienone is 8. The van der Waals surface area contributed by atoms with E-state index in [9.17, 15) is 0 Å². The van der Waals surface area contributed by atoms with Gasteiger partial charge in [-0.3, -0.25) is 0 Å². The van der Waals surface area contributed by atoms with Crippen LogP contribution in [0.25, 0.3) is 88.4 Å². The molecule has 322 valence electrons. The van der Waals surface area contributed by atoms with Gasteiger partial charge in [0.1, 0.15) is 11.2 Å². The van der Waals surface area contributed by atoms with Crippen molar-refractivity contribution in [2.75, 3.05) is 4.90 Å². The summed E-state index contributed by atoms with van der Waals surface area (Å²) in [5.74, 6) is 0.881. The number of fused-ring (bicyclic) bond motifs is 7. The van der Waals surface area contributed by atoms with E-state index < -0.39 is 0 Å². The Labute approximate surface area is 396 Å². The third-order valence-electron chi connectivity index (χ3n) is 14.1. The van der Waals surface area contributed by atoms with Gasteiger partial charge in [0.05, 0.1) is 16.7 Å². The van der Waals surface area contributed by atoms with Gasteiger partial charge in [-0.25, -0.2) is 0 Å². The predicted octanol–water partition coefficient (Wildman–Crippen LogP) is 17.9. The maximum absolute atomic E-state index is 6.42. The smallest absolute Gasteiger partial charge is 0.136 e. The topological polar surface area (TPSA) is 21.3 Å². The molecule has 2 atom stereocenters. The minimum Gasteiger partial charge on any atom is -0.456 e. The van der Waals surface area contributed by atoms with E-state index in [4.69, 9.17) is 4.42 Å². The summed E-state index contributed by atoms with van der Waals surface area (Å²) in [7, 11) is 0. The predicted molar refractivity (Wildman–Crippen MR) is 286 cm³/mol. The zero-order valence-electron chi connectivity index (χ0n) is 37.6. The van der Waals surface area contributed by atoms with E-state index >= 15 is 0 Å². The van der Waals surface area contributed by atoms with E-state index in [1.807, 2.05) is 6.07 Å². The van der Waals surface area contributed by atoms with Gasteiger partial charge in [0, 0.05) is 50.1 Å². The van der Waals surface area contributed by atoms with Gasteiger partial charge in [-0.05, 0) is 123 Å². The number of anilines is 3. The summed E-state index contributed by atoms with van der Waals surface area (Å²) in [4.78, 5) is 2.40. The van der Waals surface area contributed by atoms with Gasteiger partial charge in [-0.15, -0.1) is 0 Å². The lowest BCUT2D eigenvalue weighted by Gasteiger charge is -2.28. The fourth-order valence-electron chi connectivity index (χ4n) is 10.8. The average Bonchev–Trinajstić information content (AvgIpc) is 3.96. The minimum atomic E-state index is 0.438. The first kappa shape index (κ1) is 39.7. The van der Waals surface area contributed by atoms with E-state index in [-0.39, 0.29) is 0 Å². The van der Waals surface area contributed by atoms with Gasteiger partial charge < -0.3 is 13.9 Å². The molecule has 2 unspecified atom stereocenters. The highest BCUT2D eigenvalue weighted by Gasteiger charge is 2.24. The van der Waals surface area contributed by atoms with Crippen molar-refractivity contribution in [2.45, 2.75) is 6.92 Å². The Bertz CT molecular complexity index is 3820. The molecule has 0 spiro atoms. The summed E-state index contributed by atoms with van der Waals surface area (Å²) in [6.45, 7) is 2.32. The second kappa shape index (κ2) is 16.3. The first-order chi connectivity index (χ1) is 33.6. The van der Waals surface area contributed by atoms with E-state index in [1.165, 1.54) is 49.6 Å². The summed E-state index contributed by atoms with van der Waals surface area (Å²) in [6, 6.07) is 76.9. The molecule has 0 fully saturated rings. The van der Waals surface area contributed by atoms with Crippen LogP contribution in [0, 0.1) is 11.8 Å². The maximum Gasteiger partial charge on any atom is 0.136 e. The van der Waals surface area contributed by atoms with Gasteiger partial charge in [0.2, 0.25) is 0 Å². The van der Waals surface area contributed by atoms with Crippen LogP contribution in [0.3, 0.4) is 0 Å². The molecule has 0 saturated heterocycles. The highest BCUT2D eigenvalue weighted by atomic mass is 16.3. The Morgan fingerprint density at radius 3 is 1.81 bits per heavy atom. The summed E-state index contributed by atoms with van der Waals surface area (Å²) in [6.07, 6.45) is 13.7. The fourth-order valence-corrected chi connectivity index (χ4v) is 10.8. The summed E-state index contributed by atoms with van der Waals surface area (Å²) >= 11 is 0. The Balaban J connectivity index is 0.908. The molecule has 3 heteroatoms. The van der Waals surface area contributed by atoms with Crippen molar-refractivity contribution in [1.82, 2.24) is 4.57 Å². The summed E-state index contributed by atoms with van der Waals surface area (Å²) in [5.41, 5.74) is 19.4. The molecule has 0 radical (unpaired) electrons. The lowest BCUT2D eigenvalue weighted by atomic mass is 9.77. The number of hydrogen-bond donors (Lipinski definition) is 0. The van der Waals surface area contributed by atoms with E-state index in [0.717, 1.165) is 66.9 Å². The number of rotatable bonds is 8. The van der Waals surface area contributed by atoms with Crippen LogP contribution in [0.4, 0.5) is 17.1 Å². The molecule has 0 bridgehead atoms. The zero-order valence-corrected chi connectivity index (χ0v) is 37.6. The normalized spacial score (nSPS) is 15.5. The number of furan rings is 1. The monoisotopic (exact) mass is 870 g/mol. The quantitative estimate of drug-likeness (QED) is 0.152. The number of para-hydroxylation sites is 4. The van der Waals surface area contributed by atoms with Crippen molar-refractivity contribution in [1.29, 1.82) is 0 Å². The number of benzene rings is 9. The van der Waals surface area contributed by atoms with Gasteiger partial charge >= 0.3 is 0 Å². The molecule has 2 aromatic heterocycles. The highest BCUT2D eigenvalue weighted by molar-refractivity contribution is 6.14. The second-order valence-electron chi connectivity index (χ2n) is 18.1. The van der Waals surface area contributed by atoms with Crippen molar-refractivity contribution in [2.24, 2.45) is 11.8 Å². The number of nitrogens with zero attached hydrogens (tertiary/aromatic N) is 2. The molecule has 0 amide bonds. The molecule has 2 aliphatic rings. The lowest BCUT2D eigenvalue weighted by Crippen LogP contribution is -2.14. The van der Waals surface area contributed by atoms with Gasteiger partial charge in [0.25, 0.3) is 0 Å². The van der Waals surface area contributed by atoms with Gasteiger partial charge in [-0.2, -0.15) is 0 Å². The molecule has 2 heterocycles. The fraction of sp³-hybridized carbons (Fsp3) is 0.0462. The van der Waals surface area contributed by atoms with Crippen molar-refractivity contribution < 1.29 is 4.42 Å². The molecular formula is C65H46N2O. The van der Waals surface area contributed by atoms with Crippen LogP contribution < -0.4 is 4.90 Å². The van der Waals surface area contributed by atoms with Crippen LogP contribution in [-0.4, -0.2) is 4.57 Å². The molecular weight excluding hydrogens is 825 g/mol. The zero-order chi connectivity index (χ0) is 45.1. The second-order valence-corrected chi connectivity index (χ2v) is 18.1. The molecule has 0 saturated carbocycles. The Hall–Kier alpha value is -8.66. The Morgan fingerprint density at radius 1 is 0.471 bits per heavy atom. The molecule has 0 aliphatic heterocycles. The van der Waals surface area contributed by atoms with Crippen LogP contribution in [0.2, 0.25) is 0 Å². The van der Waals surface area contributed by atoms with Crippen molar-refractivity contribution in [3.63, 3.8) is 0 Å². The Kier molecular flexibility index (Phi) is 9.54. The number of hydrogen-bond acceptors (Lipinski definition) is 2. The lowest BCUT2D eigenvalue weighted by molar-refractivity contribution is 0.585. The van der Waals surface area contributed by atoms with Crippen molar-refractivity contribution in [3.05, 3.63) is 260 Å². The van der Waals surface area contributed by atoms with Crippen LogP contribution in [0.5, 0.6) is 0 Å². The van der Waals surface area contributed by atoms with E-state index in [1.54, 1.807) is 0 Å². The maximum atomic E-state index is 6.42. The van der Waals surface area contributed by atoms with Crippen molar-refractivity contribution in [3.8, 4) is 39.1 Å². The van der Waals surface area contributed by atoms with Crippen LogP contribution in [0.15, 0.2) is 259 Å². The summed E-state index contributed by atoms with van der Waals surface area (Å²) < 4.78 is 8.80. The average molecular weight is 871 g/mol. The first-order valence-electron chi connectivity index (χ1n) is 23.6. The molecule has 0 N–H and O–H groups in total. The van der Waals surface area contributed by atoms with E-state index in [2.05, 4.69) is 259 Å². The highest BCUT2D eigenvalue weighted by Crippen LogP contribution is 2.46. The molecule has 11 aromatic rings. The minimum absolute atomic E-state index is 0.438. The van der Waals surface area contributed by atoms with Crippen LogP contribution in [0.1, 0.15) is 12.5 Å². The van der Waals surface area contributed by atoms with Crippen molar-refractivity contribution >= 4 is 66.4 Å². The third kappa shape index (κ3) is 6.74.